The van der Waals surface area contributed by atoms with Gasteiger partial charge in [-0.3, -0.25) is 14.4 Å². The normalized spacial score (nSPS) is 18.4. The minimum absolute atomic E-state index is 0.0341. The van der Waals surface area contributed by atoms with Gasteiger partial charge >= 0.3 is 0 Å². The van der Waals surface area contributed by atoms with Crippen molar-refractivity contribution in [1.29, 1.82) is 0 Å². The molecule has 1 saturated heterocycles. The Balaban J connectivity index is 1.78. The molecule has 1 aliphatic rings. The molecule has 9 heteroatoms. The van der Waals surface area contributed by atoms with Gasteiger partial charge < -0.3 is 0 Å². The quantitative estimate of drug-likeness (QED) is 0.889. The number of nitrogens with zero attached hydrogens (tertiary/aromatic N) is 3. The Morgan fingerprint density at radius 1 is 1.39 bits per heavy atom. The maximum atomic E-state index is 12.2. The molecule has 3 heterocycles. The predicted octanol–water partition coefficient (Wildman–Crippen LogP) is 2.10. The first kappa shape index (κ1) is 15.9. The molecular formula is C14H16N4O3S2. The number of amides is 1. The Morgan fingerprint density at radius 2 is 2.22 bits per heavy atom. The first-order valence-corrected chi connectivity index (χ1v) is 9.57. The Bertz CT molecular complexity index is 788. The molecule has 1 unspecified atom stereocenters. The van der Waals surface area contributed by atoms with Gasteiger partial charge in [-0.05, 0) is 25.0 Å². The van der Waals surface area contributed by atoms with Crippen molar-refractivity contribution in [2.45, 2.75) is 24.7 Å². The second kappa shape index (κ2) is 6.25. The third-order valence-corrected chi connectivity index (χ3v) is 5.91. The largest absolute Gasteiger partial charge is 0.297 e. The van der Waals surface area contributed by atoms with E-state index in [0.717, 1.165) is 12.8 Å². The number of carbonyl (C=O) groups excluding carboxylic acids is 1. The van der Waals surface area contributed by atoms with Crippen LogP contribution < -0.4 is 9.62 Å². The van der Waals surface area contributed by atoms with Gasteiger partial charge in [0, 0.05) is 30.2 Å². The fourth-order valence-corrected chi connectivity index (χ4v) is 4.22. The zero-order valence-electron chi connectivity index (χ0n) is 12.5. The van der Waals surface area contributed by atoms with Gasteiger partial charge in [0.2, 0.25) is 5.91 Å². The summed E-state index contributed by atoms with van der Waals surface area (Å²) in [6, 6.07) is 3.01. The van der Waals surface area contributed by atoms with Crippen molar-refractivity contribution in [2.24, 2.45) is 5.92 Å². The molecule has 2 aromatic rings. The number of carbonyl (C=O) groups is 1. The molecule has 23 heavy (non-hydrogen) atoms. The second-order valence-electron chi connectivity index (χ2n) is 5.18. The minimum atomic E-state index is -3.72. The first-order valence-electron chi connectivity index (χ1n) is 7.21. The first-order chi connectivity index (χ1) is 11.0. The van der Waals surface area contributed by atoms with E-state index in [1.807, 2.05) is 6.92 Å². The van der Waals surface area contributed by atoms with Gasteiger partial charge in [0.05, 0.1) is 0 Å². The second-order valence-corrected chi connectivity index (χ2v) is 7.76. The zero-order chi connectivity index (χ0) is 16.4. The number of nitrogens with one attached hydrogen (secondary N) is 1. The van der Waals surface area contributed by atoms with Crippen LogP contribution >= 0.6 is 11.3 Å². The van der Waals surface area contributed by atoms with E-state index in [2.05, 4.69) is 14.7 Å². The summed E-state index contributed by atoms with van der Waals surface area (Å²) in [7, 11) is -3.72. The Morgan fingerprint density at radius 3 is 2.78 bits per heavy atom. The number of sulfonamides is 1. The number of rotatable bonds is 5. The summed E-state index contributed by atoms with van der Waals surface area (Å²) < 4.78 is 26.8. The van der Waals surface area contributed by atoms with Gasteiger partial charge in [0.1, 0.15) is 10.7 Å². The third kappa shape index (κ3) is 3.20. The van der Waals surface area contributed by atoms with E-state index >= 15 is 0 Å². The predicted molar refractivity (Wildman–Crippen MR) is 87.9 cm³/mol. The van der Waals surface area contributed by atoms with Crippen LogP contribution in [0.4, 0.5) is 10.9 Å². The van der Waals surface area contributed by atoms with Crippen LogP contribution in [0.25, 0.3) is 0 Å². The number of anilines is 2. The SMILES string of the molecule is CCC1CCN(c2ccc(S(=O)(=O)Nc3nccs3)cn2)C1=O. The molecule has 1 aliphatic heterocycles. The molecule has 0 spiro atoms. The van der Waals surface area contributed by atoms with E-state index < -0.39 is 10.0 Å². The van der Waals surface area contributed by atoms with Crippen LogP contribution in [0, 0.1) is 5.92 Å². The summed E-state index contributed by atoms with van der Waals surface area (Å²) in [6.45, 7) is 2.60. The number of hydrogen-bond donors (Lipinski definition) is 1. The van der Waals surface area contributed by atoms with E-state index in [1.165, 1.54) is 29.8 Å². The van der Waals surface area contributed by atoms with Gasteiger partial charge in [0.15, 0.2) is 5.13 Å². The standard InChI is InChI=1S/C14H16N4O3S2/c1-2-10-5-7-18(13(10)19)12-4-3-11(9-16-12)23(20,21)17-14-15-6-8-22-14/h3-4,6,8-10H,2,5,7H2,1H3,(H,15,17). The Hall–Kier alpha value is -2.00. The van der Waals surface area contributed by atoms with Crippen molar-refractivity contribution in [1.82, 2.24) is 9.97 Å². The number of thiazole rings is 1. The topological polar surface area (TPSA) is 92.3 Å². The number of hydrogen-bond acceptors (Lipinski definition) is 6. The molecule has 0 bridgehead atoms. The molecule has 0 radical (unpaired) electrons. The Labute approximate surface area is 138 Å². The van der Waals surface area contributed by atoms with Crippen LogP contribution in [0.1, 0.15) is 19.8 Å². The summed E-state index contributed by atoms with van der Waals surface area (Å²) in [6.07, 6.45) is 4.40. The van der Waals surface area contributed by atoms with Crippen molar-refractivity contribution in [2.75, 3.05) is 16.2 Å². The summed E-state index contributed by atoms with van der Waals surface area (Å²) in [5, 5.41) is 1.98. The highest BCUT2D eigenvalue weighted by molar-refractivity contribution is 7.93. The lowest BCUT2D eigenvalue weighted by molar-refractivity contribution is -0.120. The fraction of sp³-hybridized carbons (Fsp3) is 0.357. The van der Waals surface area contributed by atoms with Crippen molar-refractivity contribution >= 4 is 38.2 Å². The van der Waals surface area contributed by atoms with Crippen LogP contribution in [0.5, 0.6) is 0 Å². The molecule has 7 nitrogen and oxygen atoms in total. The summed E-state index contributed by atoms with van der Waals surface area (Å²) in [4.78, 5) is 21.9. The minimum Gasteiger partial charge on any atom is -0.297 e. The molecular weight excluding hydrogens is 336 g/mol. The summed E-state index contributed by atoms with van der Waals surface area (Å²) >= 11 is 1.20. The molecule has 0 saturated carbocycles. The van der Waals surface area contributed by atoms with E-state index in [4.69, 9.17) is 0 Å². The highest BCUT2D eigenvalue weighted by atomic mass is 32.2. The molecule has 3 rings (SSSR count). The fourth-order valence-electron chi connectivity index (χ4n) is 2.48. The van der Waals surface area contributed by atoms with Crippen molar-refractivity contribution < 1.29 is 13.2 Å². The molecule has 1 atom stereocenters. The van der Waals surface area contributed by atoms with Gasteiger partial charge in [0.25, 0.3) is 10.0 Å². The van der Waals surface area contributed by atoms with Crippen LogP contribution in [-0.4, -0.2) is 30.8 Å². The van der Waals surface area contributed by atoms with Crippen LogP contribution in [0.3, 0.4) is 0 Å². The molecule has 0 aromatic carbocycles. The van der Waals surface area contributed by atoms with Gasteiger partial charge in [-0.15, -0.1) is 11.3 Å². The maximum Gasteiger partial charge on any atom is 0.265 e. The zero-order valence-corrected chi connectivity index (χ0v) is 14.1. The molecule has 1 fully saturated rings. The monoisotopic (exact) mass is 352 g/mol. The van der Waals surface area contributed by atoms with E-state index in [0.29, 0.717) is 17.5 Å². The molecule has 2 aromatic heterocycles. The van der Waals surface area contributed by atoms with Crippen molar-refractivity contribution in [3.8, 4) is 0 Å². The summed E-state index contributed by atoms with van der Waals surface area (Å²) in [5.74, 6) is 0.572. The lowest BCUT2D eigenvalue weighted by Crippen LogP contribution is -2.27. The average molecular weight is 352 g/mol. The van der Waals surface area contributed by atoms with Crippen LogP contribution in [0.15, 0.2) is 34.8 Å². The Kier molecular flexibility index (Phi) is 4.31. The van der Waals surface area contributed by atoms with E-state index in [9.17, 15) is 13.2 Å². The van der Waals surface area contributed by atoms with E-state index in [-0.39, 0.29) is 16.7 Å². The van der Waals surface area contributed by atoms with E-state index in [1.54, 1.807) is 16.3 Å². The molecule has 0 aliphatic carbocycles. The number of aromatic nitrogens is 2. The molecule has 1 N–H and O–H groups in total. The molecule has 122 valence electrons. The average Bonchev–Trinajstić information content (AvgIpc) is 3.16. The third-order valence-electron chi connectivity index (χ3n) is 3.77. The van der Waals surface area contributed by atoms with Gasteiger partial charge in [-0.1, -0.05) is 6.92 Å². The molecule has 1 amide bonds. The van der Waals surface area contributed by atoms with Gasteiger partial charge in [-0.25, -0.2) is 18.4 Å². The lowest BCUT2D eigenvalue weighted by atomic mass is 10.1. The van der Waals surface area contributed by atoms with Gasteiger partial charge in [-0.2, -0.15) is 0 Å². The van der Waals surface area contributed by atoms with Crippen molar-refractivity contribution in [3.05, 3.63) is 29.9 Å². The highest BCUT2D eigenvalue weighted by Gasteiger charge is 2.31. The smallest absolute Gasteiger partial charge is 0.265 e. The van der Waals surface area contributed by atoms with Crippen molar-refractivity contribution in [3.63, 3.8) is 0 Å². The van der Waals surface area contributed by atoms with Crippen LogP contribution in [0.2, 0.25) is 0 Å². The number of pyridine rings is 1. The summed E-state index contributed by atoms with van der Waals surface area (Å²) in [5.41, 5.74) is 0. The lowest BCUT2D eigenvalue weighted by Gasteiger charge is -2.15. The maximum absolute atomic E-state index is 12.2. The highest BCUT2D eigenvalue weighted by Crippen LogP contribution is 2.26. The van der Waals surface area contributed by atoms with Crippen LogP contribution in [-0.2, 0) is 14.8 Å².